The topological polar surface area (TPSA) is 86.5 Å². The minimum absolute atomic E-state index is 0.0224. The van der Waals surface area contributed by atoms with E-state index in [1.165, 1.54) is 0 Å². The number of nitrogens with one attached hydrogen (secondary N) is 3. The maximum Gasteiger partial charge on any atom is 0.220 e. The van der Waals surface area contributed by atoms with Crippen LogP contribution in [0, 0.1) is 13.8 Å². The van der Waals surface area contributed by atoms with Gasteiger partial charge in [-0.15, -0.1) is 0 Å². The van der Waals surface area contributed by atoms with Gasteiger partial charge in [-0.3, -0.25) is 9.89 Å². The molecule has 1 aromatic carbocycles. The van der Waals surface area contributed by atoms with E-state index in [9.17, 15) is 4.79 Å². The fourth-order valence-electron chi connectivity index (χ4n) is 2.57. The molecule has 0 bridgehead atoms. The molecule has 1 amide bonds. The molecule has 6 nitrogen and oxygen atoms in total. The van der Waals surface area contributed by atoms with Gasteiger partial charge in [0, 0.05) is 36.5 Å². The Bertz CT molecular complexity index is 867. The monoisotopic (exact) mass is 345 g/mol. The molecule has 24 heavy (non-hydrogen) atoms. The van der Waals surface area contributed by atoms with E-state index < -0.39 is 0 Å². The van der Waals surface area contributed by atoms with E-state index in [0.29, 0.717) is 30.8 Å². The van der Waals surface area contributed by atoms with Crippen LogP contribution in [0.3, 0.4) is 0 Å². The van der Waals surface area contributed by atoms with Crippen molar-refractivity contribution in [2.24, 2.45) is 0 Å². The number of imidazole rings is 1. The van der Waals surface area contributed by atoms with E-state index in [-0.39, 0.29) is 5.91 Å². The number of carbonyl (C=O) groups is 1. The summed E-state index contributed by atoms with van der Waals surface area (Å²) in [5.74, 6) is 0.862. The second-order valence-electron chi connectivity index (χ2n) is 5.87. The van der Waals surface area contributed by atoms with E-state index in [2.05, 4.69) is 25.5 Å². The van der Waals surface area contributed by atoms with Crippen LogP contribution in [0.15, 0.2) is 18.2 Å². The molecule has 2 aromatic heterocycles. The van der Waals surface area contributed by atoms with Gasteiger partial charge >= 0.3 is 0 Å². The Balaban J connectivity index is 1.46. The van der Waals surface area contributed by atoms with Gasteiger partial charge in [-0.1, -0.05) is 11.6 Å². The highest BCUT2D eigenvalue weighted by atomic mass is 35.5. The highest BCUT2D eigenvalue weighted by Crippen LogP contribution is 2.17. The van der Waals surface area contributed by atoms with Crippen molar-refractivity contribution in [2.45, 2.75) is 33.1 Å². The lowest BCUT2D eigenvalue weighted by atomic mass is 10.1. The summed E-state index contributed by atoms with van der Waals surface area (Å²) in [6.45, 7) is 4.54. The normalized spacial score (nSPS) is 11.1. The summed E-state index contributed by atoms with van der Waals surface area (Å²) in [4.78, 5) is 19.6. The van der Waals surface area contributed by atoms with Crippen molar-refractivity contribution in [1.29, 1.82) is 0 Å². The van der Waals surface area contributed by atoms with Crippen LogP contribution < -0.4 is 5.32 Å². The smallest absolute Gasteiger partial charge is 0.220 e. The minimum atomic E-state index is 0.0224. The van der Waals surface area contributed by atoms with Gasteiger partial charge in [0.1, 0.15) is 5.82 Å². The Hall–Kier alpha value is -2.34. The molecular weight excluding hydrogens is 326 g/mol. The van der Waals surface area contributed by atoms with Crippen LogP contribution in [0.1, 0.15) is 29.2 Å². The summed E-state index contributed by atoms with van der Waals surface area (Å²) >= 11 is 5.96. The van der Waals surface area contributed by atoms with Crippen molar-refractivity contribution in [3.8, 4) is 0 Å². The lowest BCUT2D eigenvalue weighted by Crippen LogP contribution is -2.26. The first-order chi connectivity index (χ1) is 11.5. The minimum Gasteiger partial charge on any atom is -0.356 e. The summed E-state index contributed by atoms with van der Waals surface area (Å²) in [7, 11) is 0. The van der Waals surface area contributed by atoms with Crippen LogP contribution in [0.4, 0.5) is 0 Å². The molecule has 126 valence electrons. The standard InChI is InChI=1S/C17H20ClN5O/c1-10-11(2)22-23-13(10)5-6-17(24)19-8-7-16-20-14-4-3-12(18)9-15(14)21-16/h3-4,9H,5-8H2,1-2H3,(H,19,24)(H,20,21)(H,22,23). The van der Waals surface area contributed by atoms with Gasteiger partial charge in [0.05, 0.1) is 16.7 Å². The van der Waals surface area contributed by atoms with Crippen LogP contribution in [0.2, 0.25) is 5.02 Å². The van der Waals surface area contributed by atoms with Gasteiger partial charge in [0.15, 0.2) is 0 Å². The molecule has 0 saturated carbocycles. The van der Waals surface area contributed by atoms with Gasteiger partial charge in [-0.05, 0) is 37.6 Å². The molecule has 7 heteroatoms. The van der Waals surface area contributed by atoms with Crippen LogP contribution in [-0.4, -0.2) is 32.6 Å². The molecule has 0 saturated heterocycles. The Labute approximate surface area is 145 Å². The average Bonchev–Trinajstić information content (AvgIpc) is 3.09. The molecule has 0 atom stereocenters. The maximum atomic E-state index is 11.9. The predicted octanol–water partition coefficient (Wildman–Crippen LogP) is 2.85. The van der Waals surface area contributed by atoms with Crippen LogP contribution in [0.5, 0.6) is 0 Å². The quantitative estimate of drug-likeness (QED) is 0.642. The third-order valence-corrected chi connectivity index (χ3v) is 4.35. The first-order valence-corrected chi connectivity index (χ1v) is 8.32. The highest BCUT2D eigenvalue weighted by Gasteiger charge is 2.09. The SMILES string of the molecule is Cc1[nH]nc(CCC(=O)NCCc2nc3ccc(Cl)cc3[nH]2)c1C. The number of rotatable bonds is 6. The number of H-pyrrole nitrogens is 2. The van der Waals surface area contributed by atoms with Crippen molar-refractivity contribution in [2.75, 3.05) is 6.54 Å². The van der Waals surface area contributed by atoms with E-state index in [0.717, 1.165) is 33.8 Å². The second-order valence-corrected chi connectivity index (χ2v) is 6.30. The highest BCUT2D eigenvalue weighted by molar-refractivity contribution is 6.31. The molecule has 0 unspecified atom stereocenters. The van der Waals surface area contributed by atoms with Crippen LogP contribution in [-0.2, 0) is 17.6 Å². The molecule has 2 heterocycles. The van der Waals surface area contributed by atoms with Gasteiger partial charge in [0.2, 0.25) is 5.91 Å². The summed E-state index contributed by atoms with van der Waals surface area (Å²) in [6, 6.07) is 5.54. The molecular formula is C17H20ClN5O. The summed E-state index contributed by atoms with van der Waals surface area (Å²) in [5.41, 5.74) is 4.93. The zero-order valence-corrected chi connectivity index (χ0v) is 14.5. The Morgan fingerprint density at radius 3 is 2.88 bits per heavy atom. The first kappa shape index (κ1) is 16.5. The van der Waals surface area contributed by atoms with Crippen molar-refractivity contribution in [1.82, 2.24) is 25.5 Å². The van der Waals surface area contributed by atoms with Crippen LogP contribution in [0.25, 0.3) is 11.0 Å². The number of aryl methyl sites for hydroxylation is 2. The molecule has 0 radical (unpaired) electrons. The van der Waals surface area contributed by atoms with E-state index in [1.54, 1.807) is 0 Å². The lowest BCUT2D eigenvalue weighted by molar-refractivity contribution is -0.121. The Morgan fingerprint density at radius 2 is 2.12 bits per heavy atom. The molecule has 0 aliphatic rings. The van der Waals surface area contributed by atoms with Crippen molar-refractivity contribution in [3.63, 3.8) is 0 Å². The number of benzene rings is 1. The van der Waals surface area contributed by atoms with Crippen molar-refractivity contribution < 1.29 is 4.79 Å². The number of halogens is 1. The number of hydrogen-bond acceptors (Lipinski definition) is 3. The second kappa shape index (κ2) is 7.05. The van der Waals surface area contributed by atoms with E-state index in [1.807, 2.05) is 32.0 Å². The summed E-state index contributed by atoms with van der Waals surface area (Å²) in [6.07, 6.45) is 1.73. The molecule has 0 aliphatic heterocycles. The number of carbonyl (C=O) groups excluding carboxylic acids is 1. The van der Waals surface area contributed by atoms with Crippen molar-refractivity contribution in [3.05, 3.63) is 46.0 Å². The number of fused-ring (bicyclic) bond motifs is 1. The third-order valence-electron chi connectivity index (χ3n) is 4.12. The first-order valence-electron chi connectivity index (χ1n) is 7.94. The summed E-state index contributed by atoms with van der Waals surface area (Å²) in [5, 5.41) is 10.8. The Morgan fingerprint density at radius 1 is 1.29 bits per heavy atom. The molecule has 0 aliphatic carbocycles. The average molecular weight is 346 g/mol. The summed E-state index contributed by atoms with van der Waals surface area (Å²) < 4.78 is 0. The maximum absolute atomic E-state index is 11.9. The fourth-order valence-corrected chi connectivity index (χ4v) is 2.74. The Kier molecular flexibility index (Phi) is 4.85. The number of hydrogen-bond donors (Lipinski definition) is 3. The number of aromatic amines is 2. The van der Waals surface area contributed by atoms with Gasteiger partial charge in [-0.2, -0.15) is 5.10 Å². The van der Waals surface area contributed by atoms with Gasteiger partial charge < -0.3 is 10.3 Å². The van der Waals surface area contributed by atoms with Crippen molar-refractivity contribution >= 4 is 28.5 Å². The lowest BCUT2D eigenvalue weighted by Gasteiger charge is -2.03. The van der Waals surface area contributed by atoms with Gasteiger partial charge in [-0.25, -0.2) is 4.98 Å². The third kappa shape index (κ3) is 3.76. The zero-order chi connectivity index (χ0) is 17.1. The van der Waals surface area contributed by atoms with E-state index in [4.69, 9.17) is 11.6 Å². The number of nitrogens with zero attached hydrogens (tertiary/aromatic N) is 2. The number of amides is 1. The molecule has 0 spiro atoms. The molecule has 3 aromatic rings. The zero-order valence-electron chi connectivity index (χ0n) is 13.7. The largest absolute Gasteiger partial charge is 0.356 e. The number of aromatic nitrogens is 4. The molecule has 3 rings (SSSR count). The molecule has 3 N–H and O–H groups in total. The predicted molar refractivity (Wildman–Crippen MR) is 94.2 cm³/mol. The van der Waals surface area contributed by atoms with E-state index >= 15 is 0 Å². The van der Waals surface area contributed by atoms with Crippen LogP contribution >= 0.6 is 11.6 Å². The molecule has 0 fully saturated rings. The van der Waals surface area contributed by atoms with Gasteiger partial charge in [0.25, 0.3) is 0 Å². The fraction of sp³-hybridized carbons (Fsp3) is 0.353.